The van der Waals surface area contributed by atoms with Crippen LogP contribution in [0, 0.1) is 0 Å². The summed E-state index contributed by atoms with van der Waals surface area (Å²) in [5.74, 6) is 6.05. The summed E-state index contributed by atoms with van der Waals surface area (Å²) in [4.78, 5) is 6.65. The molecule has 0 aromatic rings. The Morgan fingerprint density at radius 3 is 3.00 bits per heavy atom. The normalized spacial score (nSPS) is 32.5. The molecule has 5 nitrogen and oxygen atoms in total. The van der Waals surface area contributed by atoms with Crippen LogP contribution in [0.3, 0.4) is 0 Å². The van der Waals surface area contributed by atoms with E-state index in [0.29, 0.717) is 12.0 Å². The Kier molecular flexibility index (Phi) is 3.43. The molecule has 0 aromatic carbocycles. The van der Waals surface area contributed by atoms with E-state index in [9.17, 15) is 0 Å². The Morgan fingerprint density at radius 1 is 1.40 bits per heavy atom. The molecular formula is C10H21N5. The molecule has 2 fully saturated rings. The molecule has 0 aromatic heterocycles. The smallest absolute Gasteiger partial charge is 0.205 e. The lowest BCUT2D eigenvalue weighted by Gasteiger charge is -2.35. The van der Waals surface area contributed by atoms with Crippen LogP contribution in [-0.2, 0) is 0 Å². The second kappa shape index (κ2) is 4.81. The van der Waals surface area contributed by atoms with E-state index in [0.717, 1.165) is 6.04 Å². The molecule has 0 bridgehead atoms. The highest BCUT2D eigenvalue weighted by Gasteiger charge is 2.31. The fourth-order valence-electron chi connectivity index (χ4n) is 2.72. The van der Waals surface area contributed by atoms with Crippen LogP contribution >= 0.6 is 0 Å². The topological polar surface area (TPSA) is 65.7 Å². The number of guanidine groups is 1. The van der Waals surface area contributed by atoms with Crippen molar-refractivity contribution in [1.82, 2.24) is 15.6 Å². The predicted octanol–water partition coefficient (Wildman–Crippen LogP) is -0.348. The largest absolute Gasteiger partial charge is 0.352 e. The van der Waals surface area contributed by atoms with Gasteiger partial charge in [-0.2, -0.15) is 0 Å². The van der Waals surface area contributed by atoms with E-state index < -0.39 is 0 Å². The quantitative estimate of drug-likeness (QED) is 0.240. The zero-order valence-corrected chi connectivity index (χ0v) is 9.37. The first-order valence-electron chi connectivity index (χ1n) is 5.77. The minimum atomic E-state index is 0.527. The second-order valence-electron chi connectivity index (χ2n) is 4.41. The summed E-state index contributed by atoms with van der Waals surface area (Å²) in [5.41, 5.74) is 2.58. The Labute approximate surface area is 91.1 Å². The Morgan fingerprint density at radius 2 is 2.27 bits per heavy atom. The van der Waals surface area contributed by atoms with Crippen LogP contribution in [0.5, 0.6) is 0 Å². The molecule has 15 heavy (non-hydrogen) atoms. The van der Waals surface area contributed by atoms with Gasteiger partial charge in [-0.05, 0) is 32.2 Å². The highest BCUT2D eigenvalue weighted by Crippen LogP contribution is 2.26. The average Bonchev–Trinajstić information content (AvgIpc) is 2.73. The highest BCUT2D eigenvalue weighted by atomic mass is 15.3. The molecular weight excluding hydrogens is 190 g/mol. The van der Waals surface area contributed by atoms with Gasteiger partial charge < -0.3 is 10.2 Å². The lowest BCUT2D eigenvalue weighted by atomic mass is 9.98. The van der Waals surface area contributed by atoms with Crippen molar-refractivity contribution in [3.63, 3.8) is 0 Å². The molecule has 86 valence electrons. The van der Waals surface area contributed by atoms with Crippen LogP contribution in [0.25, 0.3) is 0 Å². The van der Waals surface area contributed by atoms with Gasteiger partial charge in [0, 0.05) is 25.7 Å². The summed E-state index contributed by atoms with van der Waals surface area (Å²) >= 11 is 0. The monoisotopic (exact) mass is 211 g/mol. The predicted molar refractivity (Wildman–Crippen MR) is 61.4 cm³/mol. The molecule has 0 saturated carbocycles. The number of hydrogen-bond acceptors (Lipinski definition) is 3. The van der Waals surface area contributed by atoms with Crippen LogP contribution in [-0.4, -0.2) is 43.1 Å². The van der Waals surface area contributed by atoms with E-state index in [1.807, 2.05) is 0 Å². The molecule has 5 heteroatoms. The first-order chi connectivity index (χ1) is 7.33. The molecule has 4 N–H and O–H groups in total. The number of hydrazine groups is 1. The van der Waals surface area contributed by atoms with E-state index in [4.69, 9.17) is 5.84 Å². The minimum absolute atomic E-state index is 0.527. The third kappa shape index (κ3) is 2.41. The van der Waals surface area contributed by atoms with Gasteiger partial charge in [-0.15, -0.1) is 0 Å². The number of piperidine rings is 1. The van der Waals surface area contributed by atoms with Crippen LogP contribution in [0.2, 0.25) is 0 Å². The fourth-order valence-corrected chi connectivity index (χ4v) is 2.72. The van der Waals surface area contributed by atoms with Crippen molar-refractivity contribution in [3.8, 4) is 0 Å². The standard InChI is InChI=1S/C10H21N5/c1-12-10(14-11)13-8-4-6-15-5-2-3-9(15)7-8/h8-9H,2-7,11H2,1H3,(H2,12,13,14). The van der Waals surface area contributed by atoms with Crippen molar-refractivity contribution in [2.45, 2.75) is 37.8 Å². The zero-order chi connectivity index (χ0) is 10.7. The van der Waals surface area contributed by atoms with Gasteiger partial charge in [0.1, 0.15) is 0 Å². The van der Waals surface area contributed by atoms with Crippen molar-refractivity contribution in [3.05, 3.63) is 0 Å². The van der Waals surface area contributed by atoms with Crippen molar-refractivity contribution in [2.75, 3.05) is 20.1 Å². The number of aliphatic imine (C=N–C) groups is 1. The van der Waals surface area contributed by atoms with Gasteiger partial charge >= 0.3 is 0 Å². The van der Waals surface area contributed by atoms with Crippen LogP contribution in [0.1, 0.15) is 25.7 Å². The molecule has 2 heterocycles. The average molecular weight is 211 g/mol. The summed E-state index contributed by atoms with van der Waals surface area (Å²) in [6, 6.07) is 1.31. The number of nitrogens with two attached hydrogens (primary N) is 1. The first-order valence-corrected chi connectivity index (χ1v) is 5.77. The summed E-state index contributed by atoms with van der Waals surface area (Å²) in [6.45, 7) is 2.51. The SMILES string of the molecule is CN=C(NN)NC1CCN2CCCC2C1. The third-order valence-electron chi connectivity index (χ3n) is 3.52. The third-order valence-corrected chi connectivity index (χ3v) is 3.52. The lowest BCUT2D eigenvalue weighted by Crippen LogP contribution is -2.51. The molecule has 2 rings (SSSR count). The summed E-state index contributed by atoms with van der Waals surface area (Å²) in [6.07, 6.45) is 5.13. The summed E-state index contributed by atoms with van der Waals surface area (Å²) in [7, 11) is 1.74. The molecule has 2 unspecified atom stereocenters. The van der Waals surface area contributed by atoms with Crippen molar-refractivity contribution >= 4 is 5.96 Å². The van der Waals surface area contributed by atoms with Crippen molar-refractivity contribution in [1.29, 1.82) is 0 Å². The lowest BCUT2D eigenvalue weighted by molar-refractivity contribution is 0.175. The molecule has 2 atom stereocenters. The number of rotatable bonds is 1. The van der Waals surface area contributed by atoms with E-state index in [-0.39, 0.29) is 0 Å². The van der Waals surface area contributed by atoms with E-state index in [1.54, 1.807) is 7.05 Å². The van der Waals surface area contributed by atoms with Gasteiger partial charge in [0.2, 0.25) is 5.96 Å². The first kappa shape index (κ1) is 10.7. The highest BCUT2D eigenvalue weighted by molar-refractivity contribution is 5.79. The van der Waals surface area contributed by atoms with Crippen molar-refractivity contribution < 1.29 is 0 Å². The van der Waals surface area contributed by atoms with Gasteiger partial charge in [-0.3, -0.25) is 10.4 Å². The van der Waals surface area contributed by atoms with E-state index >= 15 is 0 Å². The maximum Gasteiger partial charge on any atom is 0.205 e. The number of hydrogen-bond donors (Lipinski definition) is 3. The maximum atomic E-state index is 5.35. The maximum absolute atomic E-state index is 5.35. The van der Waals surface area contributed by atoms with Crippen molar-refractivity contribution in [2.24, 2.45) is 10.8 Å². The number of nitrogens with zero attached hydrogens (tertiary/aromatic N) is 2. The van der Waals surface area contributed by atoms with Gasteiger partial charge in [0.15, 0.2) is 0 Å². The summed E-state index contributed by atoms with van der Waals surface area (Å²) in [5, 5.41) is 3.36. The Hall–Kier alpha value is -0.810. The second-order valence-corrected chi connectivity index (χ2v) is 4.41. The fraction of sp³-hybridized carbons (Fsp3) is 0.900. The minimum Gasteiger partial charge on any atom is -0.352 e. The van der Waals surface area contributed by atoms with Crippen LogP contribution in [0.15, 0.2) is 4.99 Å². The molecule has 0 spiro atoms. The molecule has 0 amide bonds. The Balaban J connectivity index is 1.85. The van der Waals surface area contributed by atoms with Crippen LogP contribution in [0.4, 0.5) is 0 Å². The summed E-state index contributed by atoms with van der Waals surface area (Å²) < 4.78 is 0. The molecule has 0 aliphatic carbocycles. The van der Waals surface area contributed by atoms with Crippen LogP contribution < -0.4 is 16.6 Å². The van der Waals surface area contributed by atoms with Gasteiger partial charge in [0.25, 0.3) is 0 Å². The van der Waals surface area contributed by atoms with Gasteiger partial charge in [-0.1, -0.05) is 0 Å². The number of fused-ring (bicyclic) bond motifs is 1. The van der Waals surface area contributed by atoms with E-state index in [1.165, 1.54) is 38.8 Å². The number of nitrogens with one attached hydrogen (secondary N) is 2. The van der Waals surface area contributed by atoms with E-state index in [2.05, 4.69) is 20.6 Å². The molecule has 2 aliphatic rings. The Bertz CT molecular complexity index is 240. The zero-order valence-electron chi connectivity index (χ0n) is 9.37. The molecule has 2 aliphatic heterocycles. The van der Waals surface area contributed by atoms with Gasteiger partial charge in [0.05, 0.1) is 0 Å². The molecule has 2 saturated heterocycles. The molecule has 0 radical (unpaired) electrons. The van der Waals surface area contributed by atoms with Gasteiger partial charge in [-0.25, -0.2) is 5.84 Å².